The number of benzene rings is 2. The van der Waals surface area contributed by atoms with Crippen molar-refractivity contribution in [3.8, 4) is 11.5 Å². The molecule has 0 spiro atoms. The lowest BCUT2D eigenvalue weighted by atomic mass is 10.1. The lowest BCUT2D eigenvalue weighted by Gasteiger charge is -2.18. The van der Waals surface area contributed by atoms with Crippen LogP contribution in [0.1, 0.15) is 34.5 Å². The van der Waals surface area contributed by atoms with Gasteiger partial charge in [-0.2, -0.15) is 0 Å². The largest absolute Gasteiger partial charge is 0.507 e. The number of aliphatic hydroxyl groups excluding tert-OH is 1. The van der Waals surface area contributed by atoms with Gasteiger partial charge in [0.05, 0.1) is 11.7 Å². The van der Waals surface area contributed by atoms with Crippen molar-refractivity contribution in [3.63, 3.8) is 0 Å². The number of rotatable bonds is 8. The molecule has 0 saturated carbocycles. The van der Waals surface area contributed by atoms with Gasteiger partial charge in [0.2, 0.25) is 0 Å². The lowest BCUT2D eigenvalue weighted by molar-refractivity contribution is 0.0997. The van der Waals surface area contributed by atoms with E-state index in [9.17, 15) is 15.0 Å². The number of ether oxygens (including phenoxy) is 1. The van der Waals surface area contributed by atoms with Crippen LogP contribution in [0.25, 0.3) is 0 Å². The maximum absolute atomic E-state index is 11.2. The zero-order valence-electron chi connectivity index (χ0n) is 14.4. The molecular formula is C19H24N2O4. The van der Waals surface area contributed by atoms with Crippen LogP contribution in [0.2, 0.25) is 0 Å². The summed E-state index contributed by atoms with van der Waals surface area (Å²) in [6.07, 6.45) is -0.599. The van der Waals surface area contributed by atoms with Gasteiger partial charge in [0.15, 0.2) is 0 Å². The van der Waals surface area contributed by atoms with Crippen LogP contribution in [-0.2, 0) is 0 Å². The number of nitrogens with one attached hydrogen (secondary N) is 1. The number of aromatic hydroxyl groups is 1. The van der Waals surface area contributed by atoms with Gasteiger partial charge in [-0.25, -0.2) is 0 Å². The Morgan fingerprint density at radius 3 is 2.56 bits per heavy atom. The number of hydrogen-bond donors (Lipinski definition) is 4. The molecule has 0 heterocycles. The summed E-state index contributed by atoms with van der Waals surface area (Å²) in [5, 5.41) is 22.9. The third kappa shape index (κ3) is 5.48. The monoisotopic (exact) mass is 344 g/mol. The third-order valence-electron chi connectivity index (χ3n) is 3.86. The molecule has 2 unspecified atom stereocenters. The summed E-state index contributed by atoms with van der Waals surface area (Å²) >= 11 is 0. The number of amides is 1. The molecule has 134 valence electrons. The summed E-state index contributed by atoms with van der Waals surface area (Å²) in [5.74, 6) is -0.443. The third-order valence-corrected chi connectivity index (χ3v) is 3.86. The predicted octanol–water partition coefficient (Wildman–Crippen LogP) is 1.89. The highest BCUT2D eigenvalue weighted by Crippen LogP contribution is 2.22. The molecule has 0 bridgehead atoms. The van der Waals surface area contributed by atoms with Crippen LogP contribution in [0.5, 0.6) is 11.5 Å². The molecule has 2 atom stereocenters. The minimum atomic E-state index is -0.713. The molecule has 0 fully saturated rings. The van der Waals surface area contributed by atoms with Crippen molar-refractivity contribution in [1.82, 2.24) is 5.32 Å². The number of phenols is 1. The van der Waals surface area contributed by atoms with Gasteiger partial charge in [-0.05, 0) is 37.6 Å². The minimum absolute atomic E-state index is 0.0212. The number of hydrogen-bond acceptors (Lipinski definition) is 5. The Bertz CT molecular complexity index is 716. The first-order valence-electron chi connectivity index (χ1n) is 8.10. The van der Waals surface area contributed by atoms with Crippen LogP contribution >= 0.6 is 0 Å². The van der Waals surface area contributed by atoms with E-state index >= 15 is 0 Å². The highest BCUT2D eigenvalue weighted by Gasteiger charge is 2.12. The van der Waals surface area contributed by atoms with Gasteiger partial charge >= 0.3 is 0 Å². The fourth-order valence-electron chi connectivity index (χ4n) is 2.30. The first kappa shape index (κ1) is 18.8. The van der Waals surface area contributed by atoms with Crippen molar-refractivity contribution < 1.29 is 19.7 Å². The maximum atomic E-state index is 11.2. The van der Waals surface area contributed by atoms with E-state index in [0.29, 0.717) is 18.9 Å². The Labute approximate surface area is 147 Å². The molecule has 1 amide bonds. The Morgan fingerprint density at radius 1 is 1.24 bits per heavy atom. The first-order valence-corrected chi connectivity index (χ1v) is 8.10. The van der Waals surface area contributed by atoms with Crippen molar-refractivity contribution in [2.24, 2.45) is 5.73 Å². The van der Waals surface area contributed by atoms with E-state index in [1.54, 1.807) is 6.07 Å². The molecule has 2 aromatic rings. The number of carbonyl (C=O) groups is 1. The molecule has 0 aromatic heterocycles. The Morgan fingerprint density at radius 2 is 1.92 bits per heavy atom. The quantitative estimate of drug-likeness (QED) is 0.585. The van der Waals surface area contributed by atoms with Crippen LogP contribution < -0.4 is 15.8 Å². The molecule has 0 aliphatic rings. The molecule has 2 aromatic carbocycles. The van der Waals surface area contributed by atoms with Gasteiger partial charge in [0.25, 0.3) is 5.91 Å². The van der Waals surface area contributed by atoms with Crippen molar-refractivity contribution in [1.29, 1.82) is 0 Å². The normalized spacial score (nSPS) is 13.2. The van der Waals surface area contributed by atoms with Gasteiger partial charge < -0.3 is 26.0 Å². The number of nitrogens with two attached hydrogens (primary N) is 1. The number of carbonyl (C=O) groups excluding carboxylic acids is 1. The van der Waals surface area contributed by atoms with E-state index in [4.69, 9.17) is 10.5 Å². The minimum Gasteiger partial charge on any atom is -0.507 e. The van der Waals surface area contributed by atoms with Crippen LogP contribution in [-0.4, -0.2) is 35.3 Å². The molecular weight excluding hydrogens is 320 g/mol. The van der Waals surface area contributed by atoms with E-state index < -0.39 is 12.0 Å². The second kappa shape index (κ2) is 8.50. The van der Waals surface area contributed by atoms with Gasteiger partial charge in [-0.15, -0.1) is 0 Å². The maximum Gasteiger partial charge on any atom is 0.252 e. The summed E-state index contributed by atoms with van der Waals surface area (Å²) in [7, 11) is 0. The molecule has 25 heavy (non-hydrogen) atoms. The summed E-state index contributed by atoms with van der Waals surface area (Å²) in [6, 6.07) is 12.1. The van der Waals surface area contributed by atoms with Gasteiger partial charge in [-0.3, -0.25) is 4.79 Å². The zero-order valence-corrected chi connectivity index (χ0v) is 14.4. The number of aryl methyl sites for hydroxylation is 1. The van der Waals surface area contributed by atoms with E-state index in [-0.39, 0.29) is 17.4 Å². The molecule has 0 aliphatic carbocycles. The summed E-state index contributed by atoms with van der Waals surface area (Å²) in [4.78, 5) is 11.2. The van der Waals surface area contributed by atoms with Crippen LogP contribution in [0, 0.1) is 6.92 Å². The second-order valence-electron chi connectivity index (χ2n) is 6.09. The first-order chi connectivity index (χ1) is 11.9. The Balaban J connectivity index is 1.82. The fourth-order valence-corrected chi connectivity index (χ4v) is 2.30. The van der Waals surface area contributed by atoms with Crippen LogP contribution in [0.4, 0.5) is 0 Å². The SMILES string of the molecule is Cc1ccc(C(O)CNC(C)COc2ccc(O)c(C(N)=O)c2)cc1. The highest BCUT2D eigenvalue weighted by atomic mass is 16.5. The standard InChI is InChI=1S/C19H24N2O4/c1-12-3-5-14(6-4-12)18(23)10-21-13(2)11-25-15-7-8-17(22)16(9-15)19(20)24/h3-9,13,18,21-23H,10-11H2,1-2H3,(H2,20,24). The van der Waals surface area contributed by atoms with Crippen LogP contribution in [0.3, 0.4) is 0 Å². The summed E-state index contributed by atoms with van der Waals surface area (Å²) < 4.78 is 5.60. The van der Waals surface area contributed by atoms with Crippen molar-refractivity contribution in [3.05, 3.63) is 59.2 Å². The van der Waals surface area contributed by atoms with Gasteiger partial charge in [0.1, 0.15) is 18.1 Å². The second-order valence-corrected chi connectivity index (χ2v) is 6.09. The average molecular weight is 344 g/mol. The van der Waals surface area contributed by atoms with Crippen molar-refractivity contribution >= 4 is 5.91 Å². The fraction of sp³-hybridized carbons (Fsp3) is 0.316. The summed E-state index contributed by atoms with van der Waals surface area (Å²) in [6.45, 7) is 4.66. The topological polar surface area (TPSA) is 105 Å². The molecule has 6 heteroatoms. The lowest BCUT2D eigenvalue weighted by Crippen LogP contribution is -2.34. The summed E-state index contributed by atoms with van der Waals surface area (Å²) in [5.41, 5.74) is 7.22. The number of primary amides is 1. The molecule has 6 nitrogen and oxygen atoms in total. The molecule has 0 radical (unpaired) electrons. The van der Waals surface area contributed by atoms with E-state index in [1.165, 1.54) is 12.1 Å². The molecule has 2 rings (SSSR count). The zero-order chi connectivity index (χ0) is 18.4. The van der Waals surface area contributed by atoms with Crippen molar-refractivity contribution in [2.45, 2.75) is 26.0 Å². The van der Waals surface area contributed by atoms with Crippen molar-refractivity contribution in [2.75, 3.05) is 13.2 Å². The molecule has 5 N–H and O–H groups in total. The Hall–Kier alpha value is -2.57. The van der Waals surface area contributed by atoms with Gasteiger partial charge in [0, 0.05) is 12.6 Å². The van der Waals surface area contributed by atoms with E-state index in [2.05, 4.69) is 5.32 Å². The highest BCUT2D eigenvalue weighted by molar-refractivity contribution is 5.95. The molecule has 0 saturated heterocycles. The Kier molecular flexibility index (Phi) is 6.38. The van der Waals surface area contributed by atoms with E-state index in [0.717, 1.165) is 11.1 Å². The molecule has 0 aliphatic heterocycles. The van der Waals surface area contributed by atoms with E-state index in [1.807, 2.05) is 38.1 Å². The van der Waals surface area contributed by atoms with Gasteiger partial charge in [-0.1, -0.05) is 29.8 Å². The smallest absolute Gasteiger partial charge is 0.252 e. The van der Waals surface area contributed by atoms with Crippen LogP contribution in [0.15, 0.2) is 42.5 Å². The number of aliphatic hydroxyl groups is 1. The average Bonchev–Trinajstić information content (AvgIpc) is 2.59. The predicted molar refractivity (Wildman–Crippen MR) is 95.7 cm³/mol.